The van der Waals surface area contributed by atoms with Crippen molar-refractivity contribution in [2.24, 2.45) is 0 Å². The normalized spacial score (nSPS) is 10.4. The first-order valence-electron chi connectivity index (χ1n) is 5.28. The minimum Gasteiger partial charge on any atom is -0.104 e. The molecule has 0 N–H and O–H groups in total. The lowest BCUT2D eigenvalue weighted by atomic mass is 9.38. The second kappa shape index (κ2) is 4.50. The molecule has 0 aliphatic heterocycles. The summed E-state index contributed by atoms with van der Waals surface area (Å²) in [6, 6.07) is 8.58. The molecule has 1 heteroatoms. The van der Waals surface area contributed by atoms with Crippen molar-refractivity contribution in [1.29, 1.82) is 0 Å². The van der Waals surface area contributed by atoms with Gasteiger partial charge in [0.15, 0.2) is 6.71 Å². The Bertz CT molecular complexity index is 326. The summed E-state index contributed by atoms with van der Waals surface area (Å²) in [4.78, 5) is 0. The van der Waals surface area contributed by atoms with Gasteiger partial charge in [-0.1, -0.05) is 61.8 Å². The van der Waals surface area contributed by atoms with Crippen LogP contribution in [0.4, 0.5) is 0 Å². The molecule has 0 bridgehead atoms. The molecule has 0 radical (unpaired) electrons. The Labute approximate surface area is 88.1 Å². The minimum absolute atomic E-state index is 0.553. The van der Waals surface area contributed by atoms with Crippen LogP contribution in [0.3, 0.4) is 0 Å². The standard InChI is InChI=1S/C13H19B/c1-10(2)14(5)12(4)13-8-6-7-11(3)9-13/h6-10H,4H2,1-3,5H3. The van der Waals surface area contributed by atoms with Gasteiger partial charge in [-0.15, -0.1) is 6.58 Å². The Hall–Kier alpha value is -0.975. The van der Waals surface area contributed by atoms with Gasteiger partial charge in [-0.3, -0.25) is 0 Å². The third-order valence-electron chi connectivity index (χ3n) is 2.94. The van der Waals surface area contributed by atoms with Gasteiger partial charge in [0.1, 0.15) is 0 Å². The summed E-state index contributed by atoms with van der Waals surface area (Å²) < 4.78 is 0. The van der Waals surface area contributed by atoms with Crippen molar-refractivity contribution in [3.8, 4) is 0 Å². The Kier molecular flexibility index (Phi) is 3.57. The maximum atomic E-state index is 4.19. The lowest BCUT2D eigenvalue weighted by Crippen LogP contribution is -2.14. The van der Waals surface area contributed by atoms with E-state index in [-0.39, 0.29) is 0 Å². The van der Waals surface area contributed by atoms with Crippen LogP contribution in [0.25, 0.3) is 5.47 Å². The van der Waals surface area contributed by atoms with E-state index >= 15 is 0 Å². The second-order valence-electron chi connectivity index (χ2n) is 4.43. The molecule has 1 aromatic rings. The van der Waals surface area contributed by atoms with Crippen LogP contribution >= 0.6 is 0 Å². The highest BCUT2D eigenvalue weighted by molar-refractivity contribution is 6.78. The van der Waals surface area contributed by atoms with Crippen LogP contribution in [0.5, 0.6) is 0 Å². The van der Waals surface area contributed by atoms with E-state index in [0.717, 1.165) is 0 Å². The van der Waals surface area contributed by atoms with Gasteiger partial charge >= 0.3 is 0 Å². The zero-order chi connectivity index (χ0) is 10.7. The molecule has 0 aliphatic carbocycles. The maximum Gasteiger partial charge on any atom is 0.175 e. The highest BCUT2D eigenvalue weighted by atomic mass is 14.0. The fourth-order valence-corrected chi connectivity index (χ4v) is 1.51. The molecular formula is C13H19B. The summed E-state index contributed by atoms with van der Waals surface area (Å²) in [6.45, 7) is 13.6. The number of rotatable bonds is 3. The molecular weight excluding hydrogens is 167 g/mol. The Balaban J connectivity index is 2.89. The van der Waals surface area contributed by atoms with E-state index in [4.69, 9.17) is 0 Å². The third-order valence-corrected chi connectivity index (χ3v) is 2.94. The summed E-state index contributed by atoms with van der Waals surface area (Å²) in [5, 5.41) is 0. The summed E-state index contributed by atoms with van der Waals surface area (Å²) >= 11 is 0. The number of aryl methyl sites for hydroxylation is 1. The van der Waals surface area contributed by atoms with Crippen molar-refractivity contribution >= 4 is 12.2 Å². The van der Waals surface area contributed by atoms with E-state index in [1.165, 1.54) is 16.6 Å². The van der Waals surface area contributed by atoms with Crippen LogP contribution < -0.4 is 0 Å². The van der Waals surface area contributed by atoms with E-state index in [0.29, 0.717) is 12.5 Å². The molecule has 1 aromatic carbocycles. The first kappa shape index (κ1) is 11.1. The minimum atomic E-state index is 0.553. The number of hydrogen-bond acceptors (Lipinski definition) is 0. The highest BCUT2D eigenvalue weighted by Gasteiger charge is 2.16. The third kappa shape index (κ3) is 2.51. The van der Waals surface area contributed by atoms with E-state index in [9.17, 15) is 0 Å². The molecule has 0 unspecified atom stereocenters. The molecule has 0 heterocycles. The van der Waals surface area contributed by atoms with E-state index < -0.39 is 0 Å². The lowest BCUT2D eigenvalue weighted by Gasteiger charge is -2.15. The van der Waals surface area contributed by atoms with Gasteiger partial charge in [-0.2, -0.15) is 0 Å². The monoisotopic (exact) mass is 186 g/mol. The van der Waals surface area contributed by atoms with Crippen molar-refractivity contribution in [2.45, 2.75) is 33.4 Å². The van der Waals surface area contributed by atoms with Crippen molar-refractivity contribution in [2.75, 3.05) is 0 Å². The highest BCUT2D eigenvalue weighted by Crippen LogP contribution is 2.23. The van der Waals surface area contributed by atoms with Gasteiger partial charge in [0, 0.05) is 0 Å². The smallest absolute Gasteiger partial charge is 0.104 e. The Morgan fingerprint density at radius 2 is 2.00 bits per heavy atom. The summed E-state index contributed by atoms with van der Waals surface area (Å²) in [6.07, 6.45) is 0. The average molecular weight is 186 g/mol. The fourth-order valence-electron chi connectivity index (χ4n) is 1.51. The van der Waals surface area contributed by atoms with Crippen LogP contribution in [0.2, 0.25) is 12.6 Å². The van der Waals surface area contributed by atoms with Crippen LogP contribution in [-0.4, -0.2) is 6.71 Å². The number of hydrogen-bond donors (Lipinski definition) is 0. The summed E-state index contributed by atoms with van der Waals surface area (Å²) in [7, 11) is 0. The molecule has 0 amide bonds. The lowest BCUT2D eigenvalue weighted by molar-refractivity contribution is 1.05. The Morgan fingerprint density at radius 1 is 1.36 bits per heavy atom. The van der Waals surface area contributed by atoms with Crippen LogP contribution in [0.15, 0.2) is 30.8 Å². The molecule has 0 fully saturated rings. The van der Waals surface area contributed by atoms with Crippen LogP contribution in [0, 0.1) is 6.92 Å². The predicted molar refractivity (Wildman–Crippen MR) is 66.9 cm³/mol. The van der Waals surface area contributed by atoms with Gasteiger partial charge in [0.25, 0.3) is 0 Å². The molecule has 0 saturated heterocycles. The fraction of sp³-hybridized carbons (Fsp3) is 0.385. The second-order valence-corrected chi connectivity index (χ2v) is 4.43. The summed E-state index contributed by atoms with van der Waals surface area (Å²) in [5.74, 6) is 0.656. The first-order chi connectivity index (χ1) is 6.52. The molecule has 0 saturated carbocycles. The van der Waals surface area contributed by atoms with Gasteiger partial charge in [0.2, 0.25) is 0 Å². The first-order valence-corrected chi connectivity index (χ1v) is 5.28. The van der Waals surface area contributed by atoms with E-state index in [1.54, 1.807) is 0 Å². The molecule has 0 atom stereocenters. The van der Waals surface area contributed by atoms with Gasteiger partial charge in [-0.05, 0) is 12.5 Å². The number of benzene rings is 1. The molecule has 0 spiro atoms. The predicted octanol–water partition coefficient (Wildman–Crippen LogP) is 4.08. The molecule has 0 aromatic heterocycles. The maximum absolute atomic E-state index is 4.19. The van der Waals surface area contributed by atoms with Gasteiger partial charge < -0.3 is 0 Å². The molecule has 1 rings (SSSR count). The van der Waals surface area contributed by atoms with Crippen LogP contribution in [0.1, 0.15) is 25.0 Å². The van der Waals surface area contributed by atoms with Crippen molar-refractivity contribution in [3.05, 3.63) is 42.0 Å². The SMILES string of the molecule is C=C(B(C)C(C)C)c1cccc(C)c1. The van der Waals surface area contributed by atoms with Gasteiger partial charge in [0.05, 0.1) is 0 Å². The molecule has 0 aliphatic rings. The largest absolute Gasteiger partial charge is 0.175 e. The zero-order valence-electron chi connectivity index (χ0n) is 9.67. The molecule has 0 nitrogen and oxygen atoms in total. The average Bonchev–Trinajstić information content (AvgIpc) is 2.15. The quantitative estimate of drug-likeness (QED) is 0.624. The van der Waals surface area contributed by atoms with E-state index in [2.05, 4.69) is 58.4 Å². The van der Waals surface area contributed by atoms with Crippen molar-refractivity contribution in [3.63, 3.8) is 0 Å². The zero-order valence-corrected chi connectivity index (χ0v) is 9.67. The molecule has 74 valence electrons. The molecule has 14 heavy (non-hydrogen) atoms. The Morgan fingerprint density at radius 3 is 2.50 bits per heavy atom. The van der Waals surface area contributed by atoms with E-state index in [1.807, 2.05) is 0 Å². The van der Waals surface area contributed by atoms with Crippen LogP contribution in [-0.2, 0) is 0 Å². The van der Waals surface area contributed by atoms with Gasteiger partial charge in [-0.25, -0.2) is 0 Å². The van der Waals surface area contributed by atoms with Crippen molar-refractivity contribution < 1.29 is 0 Å². The topological polar surface area (TPSA) is 0 Å². The van der Waals surface area contributed by atoms with Crippen molar-refractivity contribution in [1.82, 2.24) is 0 Å². The summed E-state index contributed by atoms with van der Waals surface area (Å²) in [5.41, 5.74) is 3.84.